The average Bonchev–Trinajstić information content (AvgIpc) is 2.68. The predicted molar refractivity (Wildman–Crippen MR) is 108 cm³/mol. The molecule has 0 spiro atoms. The Morgan fingerprint density at radius 3 is 1.56 bits per heavy atom. The summed E-state index contributed by atoms with van der Waals surface area (Å²) in [7, 11) is 1.00. The summed E-state index contributed by atoms with van der Waals surface area (Å²) in [6.45, 7) is 16.1. The fourth-order valence-electron chi connectivity index (χ4n) is 3.25. The average molecular weight is 433 g/mol. The van der Waals surface area contributed by atoms with Gasteiger partial charge in [0, 0.05) is 7.11 Å². The van der Waals surface area contributed by atoms with Crippen LogP contribution in [-0.4, -0.2) is 18.3 Å². The molecule has 0 amide bonds. The molecule has 0 saturated heterocycles. The minimum atomic E-state index is 0.582. The molecule has 2 rings (SSSR count). The van der Waals surface area contributed by atoms with Crippen LogP contribution in [0.2, 0.25) is 0 Å². The van der Waals surface area contributed by atoms with Crippen molar-refractivity contribution in [3.63, 3.8) is 0 Å². The van der Waals surface area contributed by atoms with E-state index in [2.05, 4.69) is 64.6 Å². The molecule has 3 heteroatoms. The zero-order valence-corrected chi connectivity index (χ0v) is 20.4. The van der Waals surface area contributed by atoms with E-state index < -0.39 is 0 Å². The van der Waals surface area contributed by atoms with Crippen LogP contribution in [0.3, 0.4) is 0 Å². The Labute approximate surface area is 171 Å². The second-order valence-electron chi connectivity index (χ2n) is 7.79. The quantitative estimate of drug-likeness (QED) is 0.384. The van der Waals surface area contributed by atoms with Crippen LogP contribution in [0.25, 0.3) is 0 Å². The first-order valence-electron chi connectivity index (χ1n) is 10.3. The van der Waals surface area contributed by atoms with E-state index in [0.717, 1.165) is 36.7 Å². The smallest absolute Gasteiger partial charge is 0.0319 e. The van der Waals surface area contributed by atoms with E-state index in [1.165, 1.54) is 38.5 Å². The second kappa shape index (κ2) is 17.9. The van der Waals surface area contributed by atoms with Gasteiger partial charge >= 0.3 is 50.5 Å². The van der Waals surface area contributed by atoms with Crippen LogP contribution in [0.4, 0.5) is 0 Å². The van der Waals surface area contributed by atoms with Crippen LogP contribution in [0.15, 0.2) is 3.34 Å². The van der Waals surface area contributed by atoms with Crippen LogP contribution in [0.5, 0.6) is 0 Å². The summed E-state index contributed by atoms with van der Waals surface area (Å²) in [5.74, 6) is 4.28. The molecule has 2 saturated carbocycles. The van der Waals surface area contributed by atoms with E-state index >= 15 is 0 Å². The van der Waals surface area contributed by atoms with E-state index in [9.17, 15) is 0 Å². The number of hydrogen-bond donors (Lipinski definition) is 1. The van der Waals surface area contributed by atoms with Gasteiger partial charge in [-0.3, -0.25) is 0 Å². The molecule has 0 aromatic heterocycles. The van der Waals surface area contributed by atoms with Crippen LogP contribution >= 0.6 is 0 Å². The van der Waals surface area contributed by atoms with Crippen molar-refractivity contribution >= 4 is 0 Å². The molecule has 2 aliphatic rings. The molecular weight excluding hydrogens is 387 g/mol. The summed E-state index contributed by atoms with van der Waals surface area (Å²) < 4.78 is 4.06. The molecule has 5 atom stereocenters. The van der Waals surface area contributed by atoms with Gasteiger partial charge in [-0.15, -0.1) is 0 Å². The fourth-order valence-corrected chi connectivity index (χ4v) is 3.65. The summed E-state index contributed by atoms with van der Waals surface area (Å²) in [5, 5.41) is 7.00. The van der Waals surface area contributed by atoms with Gasteiger partial charge in [0.05, 0.1) is 0 Å². The molecule has 0 aliphatic heterocycles. The summed E-state index contributed by atoms with van der Waals surface area (Å²) in [5.41, 5.74) is 0. The fraction of sp³-hybridized carbons (Fsp3) is 0.909. The number of hydrogen-bond acceptors (Lipinski definition) is 2. The molecule has 0 aromatic rings. The molecule has 25 heavy (non-hydrogen) atoms. The first kappa shape index (κ1) is 27.7. The minimum Gasteiger partial charge on any atom is -0.400 e. The zero-order chi connectivity index (χ0) is 19.8. The first-order chi connectivity index (χ1) is 11.8. The molecule has 2 nitrogen and oxygen atoms in total. The normalized spacial score (nSPS) is 32.4. The Bertz CT molecular complexity index is 268. The van der Waals surface area contributed by atoms with E-state index in [1.807, 2.05) is 0 Å². The third-order valence-corrected chi connectivity index (χ3v) is 7.00. The van der Waals surface area contributed by atoms with E-state index in [0.29, 0.717) is 6.04 Å². The van der Waals surface area contributed by atoms with Gasteiger partial charge in [-0.05, 0) is 5.92 Å². The SMILES string of the molecule is CC1[CH-]C(C)C(C)C(C)C1C.CCC(C)[N]=[Nb].CO.[CH-]1CCCCC1. The van der Waals surface area contributed by atoms with Crippen molar-refractivity contribution in [3.8, 4) is 0 Å². The molecule has 0 bridgehead atoms. The van der Waals surface area contributed by atoms with Crippen molar-refractivity contribution in [2.24, 2.45) is 32.9 Å². The van der Waals surface area contributed by atoms with Crippen molar-refractivity contribution in [2.45, 2.75) is 93.0 Å². The van der Waals surface area contributed by atoms with Crippen LogP contribution in [0, 0.1) is 42.4 Å². The standard InChI is InChI=1S/C11H21.C6H11.C4H9N.CH4O.Nb/c1-7-6-8(2)10(4)11(5)9(7)3;1-2-4-6-5-3-1;1-3-4(2)5;1-2;/h6-11H,1-5H3;1H,2-6H2;4H,3H2,1-2H3;2H,1H3;/q2*-1;;;. The number of rotatable bonds is 2. The van der Waals surface area contributed by atoms with Crippen LogP contribution in [-0.2, 0) is 20.9 Å². The van der Waals surface area contributed by atoms with Crippen molar-refractivity contribution < 1.29 is 26.0 Å². The van der Waals surface area contributed by atoms with Crippen LogP contribution < -0.4 is 0 Å². The van der Waals surface area contributed by atoms with Gasteiger partial charge in [-0.2, -0.15) is 24.7 Å². The Hall–Kier alpha value is 0.500. The topological polar surface area (TPSA) is 32.6 Å². The van der Waals surface area contributed by atoms with Gasteiger partial charge in [0.1, 0.15) is 0 Å². The Kier molecular flexibility index (Phi) is 19.8. The maximum Gasteiger partial charge on any atom is 0.0319 e. The molecule has 2 fully saturated rings. The Morgan fingerprint density at radius 2 is 1.36 bits per heavy atom. The molecular formula is C22H45NNbO-2. The molecule has 0 heterocycles. The van der Waals surface area contributed by atoms with Crippen molar-refractivity contribution in [1.29, 1.82) is 0 Å². The molecule has 5 unspecified atom stereocenters. The molecule has 0 radical (unpaired) electrons. The molecule has 1 N–H and O–H groups in total. The summed E-state index contributed by atoms with van der Waals surface area (Å²) in [6.07, 6.45) is 13.2. The number of aliphatic hydroxyl groups is 1. The van der Waals surface area contributed by atoms with Gasteiger partial charge in [-0.1, -0.05) is 65.7 Å². The van der Waals surface area contributed by atoms with Gasteiger partial charge in [0.15, 0.2) is 0 Å². The number of aliphatic hydroxyl groups excluding tert-OH is 1. The summed E-state index contributed by atoms with van der Waals surface area (Å²) in [4.78, 5) is 0. The van der Waals surface area contributed by atoms with Crippen LogP contribution in [0.1, 0.15) is 87.0 Å². The van der Waals surface area contributed by atoms with E-state index in [-0.39, 0.29) is 0 Å². The maximum atomic E-state index is 7.00. The molecule has 0 aromatic carbocycles. The first-order valence-corrected chi connectivity index (χ1v) is 11.3. The number of nitrogens with zero attached hydrogens (tertiary/aromatic N) is 1. The predicted octanol–water partition coefficient (Wildman–Crippen LogP) is 6.66. The van der Waals surface area contributed by atoms with E-state index in [4.69, 9.17) is 5.11 Å². The largest absolute Gasteiger partial charge is 0.400 e. The third-order valence-electron chi connectivity index (χ3n) is 6.03. The van der Waals surface area contributed by atoms with Crippen molar-refractivity contribution in [2.75, 3.05) is 7.11 Å². The van der Waals surface area contributed by atoms with Gasteiger partial charge in [-0.25, -0.2) is 0 Å². The monoisotopic (exact) mass is 432 g/mol. The van der Waals surface area contributed by atoms with Gasteiger partial charge in [0.2, 0.25) is 0 Å². The third kappa shape index (κ3) is 13.3. The van der Waals surface area contributed by atoms with Gasteiger partial charge in [0.25, 0.3) is 0 Å². The van der Waals surface area contributed by atoms with Crippen molar-refractivity contribution in [3.05, 3.63) is 12.8 Å². The second-order valence-corrected chi connectivity index (χ2v) is 8.36. The van der Waals surface area contributed by atoms with Gasteiger partial charge < -0.3 is 17.9 Å². The zero-order valence-electron chi connectivity index (χ0n) is 18.2. The maximum absolute atomic E-state index is 7.00. The molecule has 151 valence electrons. The summed E-state index contributed by atoms with van der Waals surface area (Å²) in [6, 6.07) is 0.582. The Morgan fingerprint density at radius 1 is 0.920 bits per heavy atom. The van der Waals surface area contributed by atoms with E-state index in [1.54, 1.807) is 20.9 Å². The minimum absolute atomic E-state index is 0.582. The Balaban J connectivity index is 0. The van der Waals surface area contributed by atoms with Crippen molar-refractivity contribution in [1.82, 2.24) is 0 Å². The summed E-state index contributed by atoms with van der Waals surface area (Å²) >= 11 is 1.55. The molecule has 2 aliphatic carbocycles.